The van der Waals surface area contributed by atoms with Gasteiger partial charge in [0.25, 0.3) is 0 Å². The molecule has 0 aromatic heterocycles. The van der Waals surface area contributed by atoms with Crippen LogP contribution in [0.25, 0.3) is 0 Å². The van der Waals surface area contributed by atoms with E-state index in [9.17, 15) is 9.59 Å². The van der Waals surface area contributed by atoms with E-state index in [1.807, 2.05) is 0 Å². The molecule has 4 heteroatoms. The summed E-state index contributed by atoms with van der Waals surface area (Å²) in [5.74, 6) is -3.09. The summed E-state index contributed by atoms with van der Waals surface area (Å²) in [7, 11) is 0. The maximum atomic E-state index is 11.1. The van der Waals surface area contributed by atoms with Gasteiger partial charge in [0, 0.05) is 0 Å². The molecule has 1 aliphatic rings. The Bertz CT molecular complexity index is 290. The van der Waals surface area contributed by atoms with Gasteiger partial charge in [-0.25, -0.2) is 0 Å². The maximum Gasteiger partial charge on any atom is 0.307 e. The Labute approximate surface area is 95.7 Å². The molecule has 0 heterocycles. The third kappa shape index (κ3) is 2.74. The zero-order valence-corrected chi connectivity index (χ0v) is 10.1. The standard InChI is InChI=1S/C12H20O4/c1-12(2,3)7-4-5-8(10(13)14)9(6-7)11(15)16/h7-9H,4-6H2,1-3H3,(H,13,14)(H,15,16). The van der Waals surface area contributed by atoms with Crippen molar-refractivity contribution in [3.05, 3.63) is 0 Å². The summed E-state index contributed by atoms with van der Waals surface area (Å²) in [5, 5.41) is 18.1. The van der Waals surface area contributed by atoms with E-state index in [0.717, 1.165) is 6.42 Å². The normalized spacial score (nSPS) is 31.1. The summed E-state index contributed by atoms with van der Waals surface area (Å²) in [5.41, 5.74) is 0.0528. The van der Waals surface area contributed by atoms with E-state index < -0.39 is 23.8 Å². The van der Waals surface area contributed by atoms with E-state index in [1.54, 1.807) is 0 Å². The predicted molar refractivity (Wildman–Crippen MR) is 59.0 cm³/mol. The van der Waals surface area contributed by atoms with Crippen LogP contribution in [0, 0.1) is 23.2 Å². The lowest BCUT2D eigenvalue weighted by Gasteiger charge is -2.38. The molecule has 0 amide bonds. The average Bonchev–Trinajstić information content (AvgIpc) is 2.15. The van der Waals surface area contributed by atoms with Gasteiger partial charge in [-0.05, 0) is 30.6 Å². The van der Waals surface area contributed by atoms with E-state index in [0.29, 0.717) is 18.8 Å². The number of hydrogen-bond donors (Lipinski definition) is 2. The lowest BCUT2D eigenvalue weighted by molar-refractivity contribution is -0.157. The Kier molecular flexibility index (Phi) is 3.61. The van der Waals surface area contributed by atoms with Gasteiger partial charge < -0.3 is 10.2 Å². The molecule has 0 spiro atoms. The zero-order chi connectivity index (χ0) is 12.5. The Morgan fingerprint density at radius 2 is 1.50 bits per heavy atom. The van der Waals surface area contributed by atoms with Crippen LogP contribution in [-0.2, 0) is 9.59 Å². The summed E-state index contributed by atoms with van der Waals surface area (Å²) in [6.07, 6.45) is 1.77. The molecule has 1 rings (SSSR count). The summed E-state index contributed by atoms with van der Waals surface area (Å²) >= 11 is 0. The fraction of sp³-hybridized carbons (Fsp3) is 0.833. The molecule has 0 aromatic rings. The topological polar surface area (TPSA) is 74.6 Å². The highest BCUT2D eigenvalue weighted by atomic mass is 16.4. The van der Waals surface area contributed by atoms with Crippen molar-refractivity contribution >= 4 is 11.9 Å². The first-order valence-electron chi connectivity index (χ1n) is 5.69. The summed E-state index contributed by atoms with van der Waals surface area (Å²) in [6.45, 7) is 6.24. The van der Waals surface area contributed by atoms with Gasteiger partial charge in [0.05, 0.1) is 11.8 Å². The molecule has 0 bridgehead atoms. The Hall–Kier alpha value is -1.06. The molecule has 3 atom stereocenters. The van der Waals surface area contributed by atoms with Gasteiger partial charge in [-0.1, -0.05) is 20.8 Å². The highest BCUT2D eigenvalue weighted by molar-refractivity contribution is 5.80. The molecule has 0 radical (unpaired) electrons. The molecule has 2 N–H and O–H groups in total. The number of carboxylic acids is 2. The lowest BCUT2D eigenvalue weighted by atomic mass is 9.65. The third-order valence-corrected chi connectivity index (χ3v) is 3.71. The average molecular weight is 228 g/mol. The van der Waals surface area contributed by atoms with Crippen LogP contribution in [-0.4, -0.2) is 22.2 Å². The Morgan fingerprint density at radius 1 is 1.00 bits per heavy atom. The fourth-order valence-corrected chi connectivity index (χ4v) is 2.53. The van der Waals surface area contributed by atoms with Crippen LogP contribution in [0.2, 0.25) is 0 Å². The molecule has 1 aliphatic carbocycles. The molecule has 0 aliphatic heterocycles. The quantitative estimate of drug-likeness (QED) is 0.760. The molecular formula is C12H20O4. The van der Waals surface area contributed by atoms with E-state index in [4.69, 9.17) is 10.2 Å². The van der Waals surface area contributed by atoms with Crippen molar-refractivity contribution in [1.82, 2.24) is 0 Å². The molecule has 4 nitrogen and oxygen atoms in total. The Morgan fingerprint density at radius 3 is 1.88 bits per heavy atom. The molecule has 16 heavy (non-hydrogen) atoms. The van der Waals surface area contributed by atoms with Crippen molar-refractivity contribution < 1.29 is 19.8 Å². The fourth-order valence-electron chi connectivity index (χ4n) is 2.53. The monoisotopic (exact) mass is 228 g/mol. The highest BCUT2D eigenvalue weighted by Gasteiger charge is 2.42. The summed E-state index contributed by atoms with van der Waals surface area (Å²) < 4.78 is 0. The largest absolute Gasteiger partial charge is 0.481 e. The Balaban J connectivity index is 2.81. The second kappa shape index (κ2) is 4.44. The van der Waals surface area contributed by atoms with E-state index in [2.05, 4.69) is 20.8 Å². The molecule has 0 saturated heterocycles. The van der Waals surface area contributed by atoms with Gasteiger partial charge in [-0.15, -0.1) is 0 Å². The number of hydrogen-bond acceptors (Lipinski definition) is 2. The van der Waals surface area contributed by atoms with Crippen molar-refractivity contribution in [2.24, 2.45) is 23.2 Å². The molecule has 0 aromatic carbocycles. The number of carbonyl (C=O) groups is 2. The zero-order valence-electron chi connectivity index (χ0n) is 10.1. The second-order valence-corrected chi connectivity index (χ2v) is 5.77. The first-order valence-corrected chi connectivity index (χ1v) is 5.69. The molecular weight excluding hydrogens is 208 g/mol. The smallest absolute Gasteiger partial charge is 0.307 e. The van der Waals surface area contributed by atoms with E-state index >= 15 is 0 Å². The van der Waals surface area contributed by atoms with Crippen LogP contribution in [0.3, 0.4) is 0 Å². The van der Waals surface area contributed by atoms with Gasteiger partial charge >= 0.3 is 11.9 Å². The maximum absolute atomic E-state index is 11.1. The minimum atomic E-state index is -0.972. The molecule has 92 valence electrons. The third-order valence-electron chi connectivity index (χ3n) is 3.71. The van der Waals surface area contributed by atoms with Crippen molar-refractivity contribution in [3.63, 3.8) is 0 Å². The predicted octanol–water partition coefficient (Wildman–Crippen LogP) is 2.23. The summed E-state index contributed by atoms with van der Waals surface area (Å²) in [6, 6.07) is 0. The van der Waals surface area contributed by atoms with Crippen LogP contribution in [0.5, 0.6) is 0 Å². The van der Waals surface area contributed by atoms with Crippen LogP contribution < -0.4 is 0 Å². The first kappa shape index (κ1) is 13.0. The van der Waals surface area contributed by atoms with Crippen LogP contribution in [0.1, 0.15) is 40.0 Å². The van der Waals surface area contributed by atoms with E-state index in [-0.39, 0.29) is 5.41 Å². The van der Waals surface area contributed by atoms with Gasteiger partial charge in [-0.3, -0.25) is 9.59 Å². The van der Waals surface area contributed by atoms with Gasteiger partial charge in [0.15, 0.2) is 0 Å². The van der Waals surface area contributed by atoms with Crippen LogP contribution >= 0.6 is 0 Å². The summed E-state index contributed by atoms with van der Waals surface area (Å²) in [4.78, 5) is 22.0. The van der Waals surface area contributed by atoms with Gasteiger partial charge in [0.2, 0.25) is 0 Å². The SMILES string of the molecule is CC(C)(C)C1CCC(C(=O)O)C(C(=O)O)C1. The minimum absolute atomic E-state index is 0.0528. The molecule has 1 saturated carbocycles. The van der Waals surface area contributed by atoms with Crippen LogP contribution in [0.4, 0.5) is 0 Å². The molecule has 1 fully saturated rings. The number of rotatable bonds is 2. The van der Waals surface area contributed by atoms with Crippen molar-refractivity contribution in [2.45, 2.75) is 40.0 Å². The van der Waals surface area contributed by atoms with Crippen molar-refractivity contribution in [3.8, 4) is 0 Å². The van der Waals surface area contributed by atoms with E-state index in [1.165, 1.54) is 0 Å². The van der Waals surface area contributed by atoms with Crippen molar-refractivity contribution in [2.75, 3.05) is 0 Å². The lowest BCUT2D eigenvalue weighted by Crippen LogP contribution is -2.39. The van der Waals surface area contributed by atoms with Gasteiger partial charge in [0.1, 0.15) is 0 Å². The van der Waals surface area contributed by atoms with Crippen molar-refractivity contribution in [1.29, 1.82) is 0 Å². The van der Waals surface area contributed by atoms with Crippen LogP contribution in [0.15, 0.2) is 0 Å². The minimum Gasteiger partial charge on any atom is -0.481 e. The first-order chi connectivity index (χ1) is 7.23. The number of aliphatic carboxylic acids is 2. The number of carboxylic acid groups (broad SMARTS) is 2. The second-order valence-electron chi connectivity index (χ2n) is 5.77. The molecule has 3 unspecified atom stereocenters. The van der Waals surface area contributed by atoms with Gasteiger partial charge in [-0.2, -0.15) is 0 Å². The highest BCUT2D eigenvalue weighted by Crippen LogP contribution is 2.42.